The standard InChI is InChI=1S/C14H27NO/c1-4-16-13-8-12(9-13)15-14-7-5-6-10(2)11(14)3/h10-15H,4-9H2,1-3H3. The Bertz CT molecular complexity index is 213. The summed E-state index contributed by atoms with van der Waals surface area (Å²) >= 11 is 0. The summed E-state index contributed by atoms with van der Waals surface area (Å²) in [5.41, 5.74) is 0. The second-order valence-corrected chi connectivity index (χ2v) is 5.79. The first-order valence-electron chi connectivity index (χ1n) is 7.08. The fourth-order valence-electron chi connectivity index (χ4n) is 3.19. The molecule has 3 unspecified atom stereocenters. The average molecular weight is 225 g/mol. The van der Waals surface area contributed by atoms with Crippen LogP contribution in [0.25, 0.3) is 0 Å². The molecule has 1 N–H and O–H groups in total. The van der Waals surface area contributed by atoms with Gasteiger partial charge in [0.15, 0.2) is 0 Å². The van der Waals surface area contributed by atoms with Gasteiger partial charge in [-0.1, -0.05) is 26.7 Å². The van der Waals surface area contributed by atoms with E-state index in [0.29, 0.717) is 6.10 Å². The Morgan fingerprint density at radius 1 is 1.19 bits per heavy atom. The van der Waals surface area contributed by atoms with Crippen molar-refractivity contribution in [3.8, 4) is 0 Å². The lowest BCUT2D eigenvalue weighted by Gasteiger charge is -2.42. The summed E-state index contributed by atoms with van der Waals surface area (Å²) in [5, 5.41) is 3.84. The van der Waals surface area contributed by atoms with Gasteiger partial charge in [0.05, 0.1) is 6.10 Å². The van der Waals surface area contributed by atoms with Gasteiger partial charge in [-0.05, 0) is 38.0 Å². The third-order valence-electron chi connectivity index (χ3n) is 4.65. The Morgan fingerprint density at radius 3 is 2.62 bits per heavy atom. The highest BCUT2D eigenvalue weighted by molar-refractivity contribution is 4.91. The predicted octanol–water partition coefficient (Wildman–Crippen LogP) is 2.97. The van der Waals surface area contributed by atoms with Crippen LogP contribution in [0.15, 0.2) is 0 Å². The molecule has 2 heteroatoms. The van der Waals surface area contributed by atoms with Crippen LogP contribution in [0.2, 0.25) is 0 Å². The van der Waals surface area contributed by atoms with Crippen molar-refractivity contribution in [2.24, 2.45) is 11.8 Å². The molecule has 2 aliphatic carbocycles. The van der Waals surface area contributed by atoms with Gasteiger partial charge >= 0.3 is 0 Å². The van der Waals surface area contributed by atoms with E-state index in [2.05, 4.69) is 26.1 Å². The van der Waals surface area contributed by atoms with Crippen LogP contribution < -0.4 is 5.32 Å². The van der Waals surface area contributed by atoms with E-state index < -0.39 is 0 Å². The first-order chi connectivity index (χ1) is 7.70. The predicted molar refractivity (Wildman–Crippen MR) is 67.5 cm³/mol. The summed E-state index contributed by atoms with van der Waals surface area (Å²) in [6.07, 6.45) is 7.20. The van der Waals surface area contributed by atoms with Gasteiger partial charge in [-0.25, -0.2) is 0 Å². The molecule has 3 atom stereocenters. The number of nitrogens with one attached hydrogen (secondary N) is 1. The normalized spacial score (nSPS) is 44.1. The minimum absolute atomic E-state index is 0.541. The van der Waals surface area contributed by atoms with Crippen molar-refractivity contribution in [2.75, 3.05) is 6.61 Å². The first kappa shape index (κ1) is 12.4. The zero-order chi connectivity index (χ0) is 11.5. The van der Waals surface area contributed by atoms with E-state index in [1.54, 1.807) is 0 Å². The first-order valence-corrected chi connectivity index (χ1v) is 7.08. The van der Waals surface area contributed by atoms with Crippen molar-refractivity contribution >= 4 is 0 Å². The van der Waals surface area contributed by atoms with Crippen LogP contribution in [0, 0.1) is 11.8 Å². The largest absolute Gasteiger partial charge is 0.378 e. The van der Waals surface area contributed by atoms with Crippen molar-refractivity contribution in [2.45, 2.75) is 71.1 Å². The molecule has 2 fully saturated rings. The fraction of sp³-hybridized carbons (Fsp3) is 1.00. The lowest BCUT2D eigenvalue weighted by Crippen LogP contribution is -2.52. The Labute approximate surface area is 100 Å². The molecule has 94 valence electrons. The average Bonchev–Trinajstić information content (AvgIpc) is 2.21. The molecule has 0 amide bonds. The minimum atomic E-state index is 0.541. The van der Waals surface area contributed by atoms with E-state index in [4.69, 9.17) is 4.74 Å². The maximum atomic E-state index is 5.61. The van der Waals surface area contributed by atoms with Gasteiger partial charge in [0.1, 0.15) is 0 Å². The summed E-state index contributed by atoms with van der Waals surface area (Å²) in [5.74, 6) is 1.74. The third-order valence-corrected chi connectivity index (χ3v) is 4.65. The molecule has 0 spiro atoms. The lowest BCUT2D eigenvalue weighted by atomic mass is 9.76. The summed E-state index contributed by atoms with van der Waals surface area (Å²) in [7, 11) is 0. The molecule has 2 saturated carbocycles. The molecule has 0 aromatic heterocycles. The van der Waals surface area contributed by atoms with E-state index in [1.807, 2.05) is 0 Å². The molecule has 0 radical (unpaired) electrons. The monoisotopic (exact) mass is 225 g/mol. The maximum absolute atomic E-state index is 5.61. The summed E-state index contributed by atoms with van der Waals surface area (Å²) in [6.45, 7) is 7.78. The molecule has 16 heavy (non-hydrogen) atoms. The van der Waals surface area contributed by atoms with Crippen molar-refractivity contribution in [3.05, 3.63) is 0 Å². The topological polar surface area (TPSA) is 21.3 Å². The molecule has 0 saturated heterocycles. The Kier molecular flexibility index (Phi) is 4.26. The van der Waals surface area contributed by atoms with E-state index in [9.17, 15) is 0 Å². The minimum Gasteiger partial charge on any atom is -0.378 e. The van der Waals surface area contributed by atoms with E-state index in [0.717, 1.165) is 30.5 Å². The molecule has 0 aromatic carbocycles. The van der Waals surface area contributed by atoms with E-state index in [1.165, 1.54) is 32.1 Å². The summed E-state index contributed by atoms with van der Waals surface area (Å²) < 4.78 is 5.61. The second-order valence-electron chi connectivity index (χ2n) is 5.79. The lowest BCUT2D eigenvalue weighted by molar-refractivity contribution is -0.0164. The Morgan fingerprint density at radius 2 is 1.94 bits per heavy atom. The van der Waals surface area contributed by atoms with Crippen molar-refractivity contribution in [3.63, 3.8) is 0 Å². The van der Waals surface area contributed by atoms with Crippen LogP contribution in [0.4, 0.5) is 0 Å². The summed E-state index contributed by atoms with van der Waals surface area (Å²) in [6, 6.07) is 1.49. The van der Waals surface area contributed by atoms with Gasteiger partial charge in [-0.3, -0.25) is 0 Å². The molecule has 2 aliphatic rings. The number of ether oxygens (including phenoxy) is 1. The van der Waals surface area contributed by atoms with Gasteiger partial charge in [0.2, 0.25) is 0 Å². The zero-order valence-corrected chi connectivity index (χ0v) is 11.0. The quantitative estimate of drug-likeness (QED) is 0.794. The molecule has 0 aromatic rings. The number of rotatable bonds is 4. The highest BCUT2D eigenvalue weighted by Crippen LogP contribution is 2.32. The van der Waals surface area contributed by atoms with Gasteiger partial charge in [0, 0.05) is 18.7 Å². The van der Waals surface area contributed by atoms with Gasteiger partial charge in [0.25, 0.3) is 0 Å². The molecule has 2 rings (SSSR count). The molecular formula is C14H27NO. The highest BCUT2D eigenvalue weighted by Gasteiger charge is 2.34. The Balaban J connectivity index is 1.70. The third kappa shape index (κ3) is 2.78. The molecule has 0 aliphatic heterocycles. The van der Waals surface area contributed by atoms with Gasteiger partial charge in [-0.15, -0.1) is 0 Å². The number of hydrogen-bond donors (Lipinski definition) is 1. The van der Waals surface area contributed by atoms with Crippen LogP contribution in [-0.4, -0.2) is 24.8 Å². The van der Waals surface area contributed by atoms with Crippen LogP contribution in [0.1, 0.15) is 52.9 Å². The molecular weight excluding hydrogens is 198 g/mol. The van der Waals surface area contributed by atoms with Gasteiger partial charge in [-0.2, -0.15) is 0 Å². The second kappa shape index (κ2) is 5.50. The van der Waals surface area contributed by atoms with Gasteiger partial charge < -0.3 is 10.1 Å². The van der Waals surface area contributed by atoms with Crippen LogP contribution >= 0.6 is 0 Å². The fourth-order valence-corrected chi connectivity index (χ4v) is 3.19. The molecule has 0 bridgehead atoms. The molecule has 2 nitrogen and oxygen atoms in total. The van der Waals surface area contributed by atoms with Crippen molar-refractivity contribution < 1.29 is 4.74 Å². The van der Waals surface area contributed by atoms with Crippen LogP contribution in [0.5, 0.6) is 0 Å². The van der Waals surface area contributed by atoms with E-state index >= 15 is 0 Å². The van der Waals surface area contributed by atoms with Crippen molar-refractivity contribution in [1.82, 2.24) is 5.32 Å². The van der Waals surface area contributed by atoms with Crippen LogP contribution in [-0.2, 0) is 4.74 Å². The SMILES string of the molecule is CCOC1CC(NC2CCCC(C)C2C)C1. The maximum Gasteiger partial charge on any atom is 0.0604 e. The van der Waals surface area contributed by atoms with Crippen molar-refractivity contribution in [1.29, 1.82) is 0 Å². The number of hydrogen-bond acceptors (Lipinski definition) is 2. The zero-order valence-electron chi connectivity index (χ0n) is 11.0. The Hall–Kier alpha value is -0.0800. The van der Waals surface area contributed by atoms with E-state index in [-0.39, 0.29) is 0 Å². The van der Waals surface area contributed by atoms with Crippen LogP contribution in [0.3, 0.4) is 0 Å². The smallest absolute Gasteiger partial charge is 0.0604 e. The summed E-state index contributed by atoms with van der Waals surface area (Å²) in [4.78, 5) is 0. The molecule has 0 heterocycles. The highest BCUT2D eigenvalue weighted by atomic mass is 16.5.